The number of rotatable bonds is 22. The minimum Gasteiger partial charge on any atom is -0.463 e. The maximum Gasteiger partial charge on any atom is 0.303 e. The van der Waals surface area contributed by atoms with Crippen LogP contribution in [0.1, 0.15) is 61.8 Å². The van der Waals surface area contributed by atoms with Gasteiger partial charge in [-0.3, -0.25) is 19.2 Å². The third-order valence-corrected chi connectivity index (χ3v) is 8.15. The molecule has 46 heavy (non-hydrogen) atoms. The molecule has 0 spiro atoms. The van der Waals surface area contributed by atoms with E-state index in [9.17, 15) is 19.2 Å². The number of nitriles is 1. The fraction of sp³-hybridized carbons (Fsp3) is 0.828. The minimum absolute atomic E-state index is 0.0136. The monoisotopic (exact) mass is 679 g/mol. The van der Waals surface area contributed by atoms with Crippen LogP contribution in [0.4, 0.5) is 0 Å². The zero-order valence-corrected chi connectivity index (χ0v) is 28.9. The quantitative estimate of drug-likeness (QED) is 0.0756. The van der Waals surface area contributed by atoms with Gasteiger partial charge in [0.05, 0.1) is 58.7 Å². The van der Waals surface area contributed by atoms with E-state index < -0.39 is 63.0 Å². The molecular formula is C29H50N3O13P. The molecule has 0 aliphatic carbocycles. The van der Waals surface area contributed by atoms with Gasteiger partial charge >= 0.3 is 17.9 Å². The number of esters is 3. The van der Waals surface area contributed by atoms with Gasteiger partial charge in [0.2, 0.25) is 5.91 Å². The Balaban J connectivity index is 2.65. The third kappa shape index (κ3) is 16.4. The van der Waals surface area contributed by atoms with Crippen LogP contribution < -0.4 is 5.32 Å². The fourth-order valence-corrected chi connectivity index (χ4v) is 6.04. The zero-order valence-electron chi connectivity index (χ0n) is 28.1. The molecule has 1 rings (SSSR count). The molecule has 1 saturated heterocycles. The van der Waals surface area contributed by atoms with E-state index in [1.807, 2.05) is 0 Å². The Morgan fingerprint density at radius 1 is 0.804 bits per heavy atom. The highest BCUT2D eigenvalue weighted by molar-refractivity contribution is 7.44. The maximum absolute atomic E-state index is 12.0. The van der Waals surface area contributed by atoms with Gasteiger partial charge in [0.25, 0.3) is 8.53 Å². The molecule has 1 heterocycles. The van der Waals surface area contributed by atoms with Gasteiger partial charge in [-0.1, -0.05) is 0 Å². The smallest absolute Gasteiger partial charge is 0.303 e. The maximum atomic E-state index is 12.0. The molecule has 6 atom stereocenters. The Hall–Kier alpha value is -2.48. The highest BCUT2D eigenvalue weighted by atomic mass is 31.2. The Kier molecular flexibility index (Phi) is 20.7. The van der Waals surface area contributed by atoms with Crippen LogP contribution in [0.5, 0.6) is 0 Å². The molecule has 1 aliphatic rings. The molecular weight excluding hydrogens is 629 g/mol. The standard InChI is InChI=1S/C29H50N3O13P/c1-19(2)32(20(3)4)46(41-11-9-10-30)42-17-15-38-13-12-37-14-16-39-29-26(31-21(5)33)28(44-24(8)36)27(43-23(7)35)25(45-29)18-40-22(6)34/h19-20,25-29H,9,11-18H2,1-8H3,(H,31,33)/t25?,26?,27-,28+,29+,46?/m0/s1. The molecule has 0 aromatic carbocycles. The first kappa shape index (κ1) is 41.5. The molecule has 3 unspecified atom stereocenters. The average molecular weight is 680 g/mol. The number of ether oxygens (including phenoxy) is 7. The van der Waals surface area contributed by atoms with Crippen LogP contribution in [0, 0.1) is 11.3 Å². The van der Waals surface area contributed by atoms with Crippen LogP contribution in [-0.4, -0.2) is 124 Å². The minimum atomic E-state index is -1.35. The normalized spacial score (nSPS) is 21.9. The number of amides is 1. The van der Waals surface area contributed by atoms with E-state index in [0.717, 1.165) is 6.92 Å². The van der Waals surface area contributed by atoms with Crippen molar-refractivity contribution >= 4 is 32.3 Å². The summed E-state index contributed by atoms with van der Waals surface area (Å²) in [5.41, 5.74) is 0. The lowest BCUT2D eigenvalue weighted by Crippen LogP contribution is -2.66. The average Bonchev–Trinajstić information content (AvgIpc) is 2.94. The molecule has 0 bridgehead atoms. The van der Waals surface area contributed by atoms with Gasteiger partial charge in [0, 0.05) is 39.8 Å². The van der Waals surface area contributed by atoms with Gasteiger partial charge in [0.15, 0.2) is 18.5 Å². The van der Waals surface area contributed by atoms with Crippen molar-refractivity contribution in [1.29, 1.82) is 5.26 Å². The molecule has 1 amide bonds. The highest BCUT2D eigenvalue weighted by Gasteiger charge is 2.51. The third-order valence-electron chi connectivity index (χ3n) is 6.04. The van der Waals surface area contributed by atoms with Gasteiger partial charge in [-0.2, -0.15) is 5.26 Å². The van der Waals surface area contributed by atoms with Gasteiger partial charge in [-0.15, -0.1) is 0 Å². The summed E-state index contributed by atoms with van der Waals surface area (Å²) >= 11 is 0. The topological polar surface area (TPSA) is 190 Å². The van der Waals surface area contributed by atoms with Crippen LogP contribution in [0.3, 0.4) is 0 Å². The summed E-state index contributed by atoms with van der Waals surface area (Å²) in [6.07, 6.45) is -4.35. The Labute approximate surface area is 272 Å². The van der Waals surface area contributed by atoms with Crippen LogP contribution in [0.25, 0.3) is 0 Å². The first-order valence-corrected chi connectivity index (χ1v) is 16.3. The molecule has 1 aliphatic heterocycles. The number of carbonyl (C=O) groups is 4. The van der Waals surface area contributed by atoms with Gasteiger partial charge in [-0.25, -0.2) is 4.67 Å². The van der Waals surface area contributed by atoms with Gasteiger partial charge in [0.1, 0.15) is 18.8 Å². The van der Waals surface area contributed by atoms with Gasteiger partial charge in [-0.05, 0) is 27.7 Å². The van der Waals surface area contributed by atoms with Crippen LogP contribution in [-0.2, 0) is 61.4 Å². The Bertz CT molecular complexity index is 973. The largest absolute Gasteiger partial charge is 0.463 e. The van der Waals surface area contributed by atoms with E-state index in [2.05, 4.69) is 43.8 Å². The molecule has 0 aromatic rings. The lowest BCUT2D eigenvalue weighted by Gasteiger charge is -2.44. The number of hydrogen-bond donors (Lipinski definition) is 1. The second-order valence-electron chi connectivity index (χ2n) is 10.7. The number of carbonyl (C=O) groups excluding carboxylic acids is 4. The van der Waals surface area contributed by atoms with Crippen LogP contribution in [0.2, 0.25) is 0 Å². The van der Waals surface area contributed by atoms with Gasteiger partial charge < -0.3 is 47.5 Å². The highest BCUT2D eigenvalue weighted by Crippen LogP contribution is 2.45. The van der Waals surface area contributed by atoms with Crippen molar-refractivity contribution in [1.82, 2.24) is 9.99 Å². The van der Waals surface area contributed by atoms with E-state index in [4.69, 9.17) is 47.5 Å². The van der Waals surface area contributed by atoms with Crippen molar-refractivity contribution in [2.45, 2.75) is 105 Å². The van der Waals surface area contributed by atoms with Crippen molar-refractivity contribution in [2.75, 3.05) is 52.9 Å². The summed E-state index contributed by atoms with van der Waals surface area (Å²) in [4.78, 5) is 47.3. The Morgan fingerprint density at radius 2 is 1.35 bits per heavy atom. The van der Waals surface area contributed by atoms with Crippen molar-refractivity contribution in [2.24, 2.45) is 0 Å². The number of nitrogens with zero attached hydrogens (tertiary/aromatic N) is 2. The zero-order chi connectivity index (χ0) is 34.6. The molecule has 264 valence electrons. The van der Waals surface area contributed by atoms with E-state index in [1.54, 1.807) is 0 Å². The summed E-state index contributed by atoms with van der Waals surface area (Å²) in [5.74, 6) is -2.47. The second kappa shape index (κ2) is 22.9. The summed E-state index contributed by atoms with van der Waals surface area (Å²) in [6.45, 7) is 14.3. The lowest BCUT2D eigenvalue weighted by atomic mass is 9.96. The predicted octanol–water partition coefficient (Wildman–Crippen LogP) is 1.98. The molecule has 0 aromatic heterocycles. The predicted molar refractivity (Wildman–Crippen MR) is 163 cm³/mol. The summed E-state index contributed by atoms with van der Waals surface area (Å²) < 4.78 is 52.8. The molecule has 16 nitrogen and oxygen atoms in total. The summed E-state index contributed by atoms with van der Waals surface area (Å²) in [7, 11) is -1.35. The number of hydrogen-bond acceptors (Lipinski definition) is 15. The molecule has 0 saturated carbocycles. The summed E-state index contributed by atoms with van der Waals surface area (Å²) in [5, 5.41) is 11.5. The van der Waals surface area contributed by atoms with Crippen LogP contribution >= 0.6 is 8.53 Å². The molecule has 0 radical (unpaired) electrons. The molecule has 17 heteroatoms. The number of nitrogens with one attached hydrogen (secondary N) is 1. The van der Waals surface area contributed by atoms with Crippen molar-refractivity contribution < 1.29 is 61.4 Å². The second-order valence-corrected chi connectivity index (χ2v) is 12.1. The van der Waals surface area contributed by atoms with E-state index in [-0.39, 0.29) is 58.1 Å². The molecule has 1 fully saturated rings. The SMILES string of the molecule is CC(=O)NC1[C@H](OCCOCCOCCOP(OCCC#N)N(C(C)C)C(C)C)OC(COC(C)=O)[C@H](OC(C)=O)[C@@H]1OC(C)=O. The van der Waals surface area contributed by atoms with Crippen molar-refractivity contribution in [3.63, 3.8) is 0 Å². The summed E-state index contributed by atoms with van der Waals surface area (Å²) in [6, 6.07) is 1.40. The lowest BCUT2D eigenvalue weighted by molar-refractivity contribution is -0.279. The first-order valence-electron chi connectivity index (χ1n) is 15.2. The first-order chi connectivity index (χ1) is 21.8. The Morgan fingerprint density at radius 3 is 1.87 bits per heavy atom. The van der Waals surface area contributed by atoms with E-state index in [0.29, 0.717) is 13.2 Å². The van der Waals surface area contributed by atoms with Crippen molar-refractivity contribution in [3.05, 3.63) is 0 Å². The van der Waals surface area contributed by atoms with E-state index in [1.165, 1.54) is 20.8 Å². The van der Waals surface area contributed by atoms with Crippen molar-refractivity contribution in [3.8, 4) is 6.07 Å². The van der Waals surface area contributed by atoms with E-state index >= 15 is 0 Å². The fourth-order valence-electron chi connectivity index (χ4n) is 4.47. The molecule has 1 N–H and O–H groups in total. The van der Waals surface area contributed by atoms with Crippen LogP contribution in [0.15, 0.2) is 0 Å².